The number of carbonyl (C=O) groups is 1. The first-order chi connectivity index (χ1) is 9.01. The summed E-state index contributed by atoms with van der Waals surface area (Å²) in [5, 5.41) is 0. The van der Waals surface area contributed by atoms with Gasteiger partial charge in [0.05, 0.1) is 6.17 Å². The van der Waals surface area contributed by atoms with E-state index in [1.807, 2.05) is 0 Å². The fourth-order valence-corrected chi connectivity index (χ4v) is 2.72. The topological polar surface area (TPSA) is 55.6 Å². The SMILES string of the molecule is CCCCCC1(OC(=O)N(C)C(C)N)CCCCC1. The highest BCUT2D eigenvalue weighted by Crippen LogP contribution is 2.36. The van der Waals surface area contributed by atoms with Gasteiger partial charge in [-0.25, -0.2) is 4.79 Å². The monoisotopic (exact) mass is 270 g/mol. The van der Waals surface area contributed by atoms with Gasteiger partial charge in [0.2, 0.25) is 0 Å². The quantitative estimate of drug-likeness (QED) is 0.592. The number of ether oxygens (including phenoxy) is 1. The second-order valence-electron chi connectivity index (χ2n) is 5.92. The van der Waals surface area contributed by atoms with Crippen molar-refractivity contribution in [1.82, 2.24) is 4.90 Å². The van der Waals surface area contributed by atoms with E-state index in [1.54, 1.807) is 14.0 Å². The van der Waals surface area contributed by atoms with E-state index < -0.39 is 0 Å². The molecule has 1 aliphatic carbocycles. The van der Waals surface area contributed by atoms with E-state index in [9.17, 15) is 4.79 Å². The lowest BCUT2D eigenvalue weighted by molar-refractivity contribution is -0.0410. The van der Waals surface area contributed by atoms with Gasteiger partial charge in [0.1, 0.15) is 5.60 Å². The molecule has 1 atom stereocenters. The second kappa shape index (κ2) is 7.73. The third kappa shape index (κ3) is 5.01. The number of hydrogen-bond donors (Lipinski definition) is 1. The molecule has 4 heteroatoms. The van der Waals surface area contributed by atoms with E-state index in [4.69, 9.17) is 10.5 Å². The Morgan fingerprint density at radius 1 is 1.32 bits per heavy atom. The molecule has 19 heavy (non-hydrogen) atoms. The van der Waals surface area contributed by atoms with Gasteiger partial charge in [0.25, 0.3) is 0 Å². The number of nitrogens with zero attached hydrogens (tertiary/aromatic N) is 1. The smallest absolute Gasteiger partial charge is 0.411 e. The first-order valence-electron chi connectivity index (χ1n) is 7.72. The summed E-state index contributed by atoms with van der Waals surface area (Å²) in [7, 11) is 1.70. The van der Waals surface area contributed by atoms with E-state index in [0.29, 0.717) is 0 Å². The molecule has 1 aliphatic rings. The fourth-order valence-electron chi connectivity index (χ4n) is 2.72. The minimum absolute atomic E-state index is 0.229. The molecule has 1 rings (SSSR count). The lowest BCUT2D eigenvalue weighted by Gasteiger charge is -2.38. The van der Waals surface area contributed by atoms with E-state index in [2.05, 4.69) is 6.92 Å². The van der Waals surface area contributed by atoms with Gasteiger partial charge < -0.3 is 10.5 Å². The predicted molar refractivity (Wildman–Crippen MR) is 77.9 cm³/mol. The van der Waals surface area contributed by atoms with Crippen molar-refractivity contribution in [2.24, 2.45) is 5.73 Å². The van der Waals surface area contributed by atoms with Crippen molar-refractivity contribution in [1.29, 1.82) is 0 Å². The summed E-state index contributed by atoms with van der Waals surface area (Å²) in [6, 6.07) is 0. The molecule has 4 nitrogen and oxygen atoms in total. The number of hydrogen-bond acceptors (Lipinski definition) is 3. The van der Waals surface area contributed by atoms with Gasteiger partial charge in [-0.1, -0.05) is 26.2 Å². The minimum atomic E-state index is -0.302. The molecular formula is C15H30N2O2. The molecule has 1 saturated carbocycles. The van der Waals surface area contributed by atoms with Gasteiger partial charge in [-0.3, -0.25) is 4.90 Å². The normalized spacial score (nSPS) is 19.8. The Morgan fingerprint density at radius 2 is 1.95 bits per heavy atom. The van der Waals surface area contributed by atoms with Crippen LogP contribution in [-0.4, -0.2) is 29.8 Å². The van der Waals surface area contributed by atoms with Gasteiger partial charge in [-0.05, 0) is 45.4 Å². The van der Waals surface area contributed by atoms with Crippen LogP contribution in [0.1, 0.15) is 71.6 Å². The van der Waals surface area contributed by atoms with Crippen molar-refractivity contribution in [3.8, 4) is 0 Å². The number of rotatable bonds is 6. The standard InChI is InChI=1S/C15H30N2O2/c1-4-5-7-10-15(11-8-6-9-12-15)19-14(18)17(3)13(2)16/h13H,4-12,16H2,1-3H3. The highest BCUT2D eigenvalue weighted by atomic mass is 16.6. The molecule has 1 amide bonds. The Kier molecular flexibility index (Phi) is 6.63. The first kappa shape index (κ1) is 16.3. The largest absolute Gasteiger partial charge is 0.443 e. The maximum absolute atomic E-state index is 12.1. The fraction of sp³-hybridized carbons (Fsp3) is 0.933. The molecule has 0 aromatic heterocycles. The molecule has 0 bridgehead atoms. The maximum Gasteiger partial charge on any atom is 0.411 e. The lowest BCUT2D eigenvalue weighted by atomic mass is 9.81. The zero-order valence-corrected chi connectivity index (χ0v) is 12.8. The van der Waals surface area contributed by atoms with Crippen LogP contribution in [0.5, 0.6) is 0 Å². The van der Waals surface area contributed by atoms with Gasteiger partial charge in [0.15, 0.2) is 0 Å². The van der Waals surface area contributed by atoms with Crippen molar-refractivity contribution >= 4 is 6.09 Å². The molecule has 112 valence electrons. The van der Waals surface area contributed by atoms with E-state index >= 15 is 0 Å². The van der Waals surface area contributed by atoms with Crippen LogP contribution in [0.25, 0.3) is 0 Å². The highest BCUT2D eigenvalue weighted by Gasteiger charge is 2.36. The second-order valence-corrected chi connectivity index (χ2v) is 5.92. The van der Waals surface area contributed by atoms with Gasteiger partial charge in [-0.15, -0.1) is 0 Å². The third-order valence-electron chi connectivity index (χ3n) is 4.20. The third-order valence-corrected chi connectivity index (χ3v) is 4.20. The molecule has 0 aromatic carbocycles. The van der Waals surface area contributed by atoms with Crippen LogP contribution in [0.2, 0.25) is 0 Å². The zero-order valence-electron chi connectivity index (χ0n) is 12.8. The summed E-state index contributed by atoms with van der Waals surface area (Å²) in [6.07, 6.45) is 9.60. The summed E-state index contributed by atoms with van der Waals surface area (Å²) < 4.78 is 5.86. The van der Waals surface area contributed by atoms with Crippen molar-refractivity contribution in [3.05, 3.63) is 0 Å². The Morgan fingerprint density at radius 3 is 2.47 bits per heavy atom. The molecule has 0 aromatic rings. The van der Waals surface area contributed by atoms with Crippen molar-refractivity contribution in [3.63, 3.8) is 0 Å². The Labute approximate surface area is 117 Å². The lowest BCUT2D eigenvalue weighted by Crippen LogP contribution is -2.46. The van der Waals surface area contributed by atoms with Gasteiger partial charge in [-0.2, -0.15) is 0 Å². The van der Waals surface area contributed by atoms with E-state index in [0.717, 1.165) is 25.7 Å². The Balaban J connectivity index is 2.60. The molecule has 0 aliphatic heterocycles. The summed E-state index contributed by atoms with van der Waals surface area (Å²) in [6.45, 7) is 4.00. The van der Waals surface area contributed by atoms with E-state index in [1.165, 1.54) is 37.0 Å². The Bertz CT molecular complexity index is 273. The van der Waals surface area contributed by atoms with E-state index in [-0.39, 0.29) is 17.9 Å². The maximum atomic E-state index is 12.1. The Hall–Kier alpha value is -0.770. The number of nitrogens with two attached hydrogens (primary N) is 1. The van der Waals surface area contributed by atoms with Crippen LogP contribution in [0.4, 0.5) is 4.79 Å². The molecule has 0 saturated heterocycles. The summed E-state index contributed by atoms with van der Waals surface area (Å²) in [5.41, 5.74) is 5.50. The summed E-state index contributed by atoms with van der Waals surface area (Å²) in [4.78, 5) is 13.6. The predicted octanol–water partition coefficient (Wildman–Crippen LogP) is 3.64. The molecule has 0 heterocycles. The van der Waals surface area contributed by atoms with Crippen LogP contribution in [0.3, 0.4) is 0 Å². The van der Waals surface area contributed by atoms with Gasteiger partial charge in [0, 0.05) is 7.05 Å². The van der Waals surface area contributed by atoms with Crippen LogP contribution in [0, 0.1) is 0 Å². The van der Waals surface area contributed by atoms with Gasteiger partial charge >= 0.3 is 6.09 Å². The van der Waals surface area contributed by atoms with Crippen LogP contribution >= 0.6 is 0 Å². The average molecular weight is 270 g/mol. The highest BCUT2D eigenvalue weighted by molar-refractivity contribution is 5.68. The molecular weight excluding hydrogens is 240 g/mol. The van der Waals surface area contributed by atoms with Crippen LogP contribution in [-0.2, 0) is 4.74 Å². The number of amides is 1. The summed E-state index contributed by atoms with van der Waals surface area (Å²) in [5.74, 6) is 0. The molecule has 1 unspecified atom stereocenters. The minimum Gasteiger partial charge on any atom is -0.443 e. The average Bonchev–Trinajstić information content (AvgIpc) is 2.39. The summed E-state index contributed by atoms with van der Waals surface area (Å²) >= 11 is 0. The number of carbonyl (C=O) groups excluding carboxylic acids is 1. The zero-order chi connectivity index (χ0) is 14.3. The molecule has 0 spiro atoms. The number of unbranched alkanes of at least 4 members (excludes halogenated alkanes) is 2. The van der Waals surface area contributed by atoms with Crippen molar-refractivity contribution < 1.29 is 9.53 Å². The van der Waals surface area contributed by atoms with Crippen LogP contribution < -0.4 is 5.73 Å². The first-order valence-corrected chi connectivity index (χ1v) is 7.72. The molecule has 2 N–H and O–H groups in total. The van der Waals surface area contributed by atoms with Crippen molar-refractivity contribution in [2.45, 2.75) is 83.4 Å². The van der Waals surface area contributed by atoms with Crippen LogP contribution in [0.15, 0.2) is 0 Å². The molecule has 0 radical (unpaired) electrons. The van der Waals surface area contributed by atoms with Crippen molar-refractivity contribution in [2.75, 3.05) is 7.05 Å². The molecule has 1 fully saturated rings.